The molecule has 0 spiro atoms. The number of nitrogens with zero attached hydrogens (tertiary/aromatic N) is 2. The fourth-order valence-electron chi connectivity index (χ4n) is 4.62. The van der Waals surface area contributed by atoms with Crippen LogP contribution in [0.25, 0.3) is 0 Å². The van der Waals surface area contributed by atoms with Gasteiger partial charge in [0.05, 0.1) is 42.0 Å². The third-order valence-electron chi connectivity index (χ3n) is 7.20. The minimum atomic E-state index is -4.11. The Morgan fingerprint density at radius 2 is 1.56 bits per heavy atom. The van der Waals surface area contributed by atoms with Crippen LogP contribution in [0, 0.1) is 0 Å². The molecule has 19 heteroatoms. The van der Waals surface area contributed by atoms with Crippen LogP contribution in [0.4, 0.5) is 0 Å². The number of morpholine rings is 1. The smallest absolute Gasteiger partial charge is 0.283 e. The van der Waals surface area contributed by atoms with Gasteiger partial charge in [-0.3, -0.25) is 19.3 Å². The summed E-state index contributed by atoms with van der Waals surface area (Å²) < 4.78 is 10.3. The molecule has 2 aliphatic rings. The molecule has 1 aromatic rings. The fourth-order valence-corrected chi connectivity index (χ4v) is 4.62. The zero-order valence-electron chi connectivity index (χ0n) is 23.7. The lowest BCUT2D eigenvalue weighted by atomic mass is 9.96. The quantitative estimate of drug-likeness (QED) is 0.0286. The summed E-state index contributed by atoms with van der Waals surface area (Å²) in [5, 5.41) is 116. The van der Waals surface area contributed by atoms with Gasteiger partial charge < -0.3 is 75.9 Å². The topological polar surface area (TPSA) is 311 Å². The molecule has 2 heterocycles. The molecule has 0 bridgehead atoms. The Morgan fingerprint density at radius 1 is 1.02 bits per heavy atom. The Hall–Kier alpha value is -4.79. The van der Waals surface area contributed by atoms with Crippen molar-refractivity contribution in [1.82, 2.24) is 15.1 Å². The largest absolute Gasteiger partial charge is 0.505 e. The first kappa shape index (κ1) is 34.7. The molecule has 1 aromatic carbocycles. The second-order valence-corrected chi connectivity index (χ2v) is 10.0. The molecule has 2 amide bonds. The Bertz CT molecular complexity index is 1410. The Balaban J connectivity index is 2.04. The predicted octanol–water partition coefficient (Wildman–Crippen LogP) is -2.97. The lowest BCUT2D eigenvalue weighted by Gasteiger charge is -2.40. The molecule has 45 heavy (non-hydrogen) atoms. The highest BCUT2D eigenvalue weighted by Crippen LogP contribution is 2.47. The summed E-state index contributed by atoms with van der Waals surface area (Å²) in [6, 6.07) is -2.73. The summed E-state index contributed by atoms with van der Waals surface area (Å²) in [5.74, 6) is -18.6. The van der Waals surface area contributed by atoms with Crippen molar-refractivity contribution >= 4 is 18.1 Å². The number of aliphatic hydroxyl groups is 7. The van der Waals surface area contributed by atoms with Crippen LogP contribution in [-0.4, -0.2) is 142 Å². The third kappa shape index (κ3) is 6.38. The maximum atomic E-state index is 13.3. The van der Waals surface area contributed by atoms with Gasteiger partial charge in [0.2, 0.25) is 5.91 Å². The maximum absolute atomic E-state index is 13.3. The zero-order chi connectivity index (χ0) is 34.0. The highest BCUT2D eigenvalue weighted by atomic mass is 16.6. The first-order chi connectivity index (χ1) is 20.9. The molecule has 2 aliphatic heterocycles. The van der Waals surface area contributed by atoms with Crippen molar-refractivity contribution in [3.63, 3.8) is 0 Å². The van der Waals surface area contributed by atoms with E-state index < -0.39 is 106 Å². The summed E-state index contributed by atoms with van der Waals surface area (Å²) in [4.78, 5) is 39.0. The van der Waals surface area contributed by atoms with Gasteiger partial charge in [-0.05, 0) is 0 Å². The van der Waals surface area contributed by atoms with Crippen molar-refractivity contribution in [3.05, 3.63) is 46.3 Å². The third-order valence-corrected chi connectivity index (χ3v) is 7.20. The number of carbonyl (C=O) groups excluding carboxylic acids is 3. The van der Waals surface area contributed by atoms with E-state index in [0.717, 1.165) is 7.05 Å². The van der Waals surface area contributed by atoms with E-state index in [1.807, 2.05) is 5.32 Å². The van der Waals surface area contributed by atoms with E-state index in [2.05, 4.69) is 6.58 Å². The van der Waals surface area contributed by atoms with Gasteiger partial charge in [-0.1, -0.05) is 6.58 Å². The molecule has 248 valence electrons. The van der Waals surface area contributed by atoms with Crippen molar-refractivity contribution < 1.29 is 80.0 Å². The van der Waals surface area contributed by atoms with Crippen LogP contribution >= 0.6 is 0 Å². The monoisotopic (exact) mass is 643 g/mol. The van der Waals surface area contributed by atoms with Gasteiger partial charge >= 0.3 is 0 Å². The lowest BCUT2D eigenvalue weighted by Crippen LogP contribution is -2.70. The van der Waals surface area contributed by atoms with Gasteiger partial charge in [0.1, 0.15) is 6.61 Å². The first-order valence-corrected chi connectivity index (χ1v) is 13.0. The Morgan fingerprint density at radius 3 is 2.04 bits per heavy atom. The average molecular weight is 644 g/mol. The lowest BCUT2D eigenvalue weighted by molar-refractivity contribution is -0.345. The van der Waals surface area contributed by atoms with Gasteiger partial charge in [0.25, 0.3) is 23.4 Å². The molecule has 2 saturated heterocycles. The molecule has 0 saturated carbocycles. The summed E-state index contributed by atoms with van der Waals surface area (Å²) >= 11 is 0. The van der Waals surface area contributed by atoms with E-state index in [1.165, 1.54) is 0 Å². The molecule has 1 unspecified atom stereocenters. The van der Waals surface area contributed by atoms with Crippen molar-refractivity contribution in [2.45, 2.75) is 30.8 Å². The molecule has 0 aliphatic carbocycles. The minimum Gasteiger partial charge on any atom is -0.505 e. The number of nitrogens with one attached hydrogen (secondary N) is 1. The number of hydrogen-bond donors (Lipinski definition) is 12. The van der Waals surface area contributed by atoms with Gasteiger partial charge in [-0.2, -0.15) is 0 Å². The van der Waals surface area contributed by atoms with E-state index in [4.69, 9.17) is 9.47 Å². The zero-order valence-corrected chi connectivity index (χ0v) is 23.7. The van der Waals surface area contributed by atoms with Crippen LogP contribution in [0.3, 0.4) is 0 Å². The van der Waals surface area contributed by atoms with E-state index in [1.54, 1.807) is 4.90 Å². The van der Waals surface area contributed by atoms with Crippen molar-refractivity contribution in [2.75, 3.05) is 39.9 Å². The highest BCUT2D eigenvalue weighted by molar-refractivity contribution is 6.05. The van der Waals surface area contributed by atoms with Crippen LogP contribution in [0.2, 0.25) is 0 Å². The molecular weight excluding hydrogens is 610 g/mol. The number of aromatic hydroxyl groups is 4. The number of hydrogen-bond acceptors (Lipinski definition) is 17. The first-order valence-electron chi connectivity index (χ1n) is 13.0. The van der Waals surface area contributed by atoms with E-state index in [0.29, 0.717) is 26.3 Å². The van der Waals surface area contributed by atoms with Gasteiger partial charge in [0.15, 0.2) is 46.8 Å². The van der Waals surface area contributed by atoms with Crippen LogP contribution in [-0.2, 0) is 37.0 Å². The summed E-state index contributed by atoms with van der Waals surface area (Å²) in [6.07, 6.45) is -0.749. The number of amides is 2. The molecule has 19 nitrogen and oxygen atoms in total. The van der Waals surface area contributed by atoms with Crippen LogP contribution in [0.15, 0.2) is 35.2 Å². The van der Waals surface area contributed by atoms with Crippen molar-refractivity contribution in [3.8, 4) is 23.0 Å². The average Bonchev–Trinajstić information content (AvgIpc) is 3.33. The highest BCUT2D eigenvalue weighted by Gasteiger charge is 2.61. The summed E-state index contributed by atoms with van der Waals surface area (Å²) in [5.41, 5.74) is -2.73. The number of aldehydes is 1. The standard InChI is InChI=1S/C26H33N3O16/c1-11(31)16(32)15-12(8-29(23(15)38)21(22(37)27-2)26(42,43)25(40,41)10-30)24(39)45-9-14-19(35)17(33)13(18(34)20(14)36)7-28-3-5-44-6-4-28/h10,21,31-36,39-43H,1,3-9H2,2H3,(H,27,37)/b16-15-,24-12+. The number of rotatable bonds is 11. The van der Waals surface area contributed by atoms with Crippen molar-refractivity contribution in [2.24, 2.45) is 0 Å². The predicted molar refractivity (Wildman–Crippen MR) is 145 cm³/mol. The molecule has 3 rings (SSSR count). The summed E-state index contributed by atoms with van der Waals surface area (Å²) in [6.45, 7) is 2.40. The number of phenols is 4. The van der Waals surface area contributed by atoms with Crippen LogP contribution in [0.5, 0.6) is 23.0 Å². The van der Waals surface area contributed by atoms with Gasteiger partial charge in [-0.15, -0.1) is 0 Å². The number of carbonyl (C=O) groups is 3. The number of benzene rings is 1. The van der Waals surface area contributed by atoms with Crippen LogP contribution in [0.1, 0.15) is 11.1 Å². The second kappa shape index (κ2) is 13.1. The molecule has 12 N–H and O–H groups in total. The van der Waals surface area contributed by atoms with Crippen molar-refractivity contribution in [1.29, 1.82) is 0 Å². The Kier molecular flexibility index (Phi) is 10.1. The second-order valence-electron chi connectivity index (χ2n) is 10.0. The molecule has 1 atom stereocenters. The van der Waals surface area contributed by atoms with Crippen LogP contribution < -0.4 is 5.32 Å². The molecule has 0 radical (unpaired) electrons. The SMILES string of the molecule is C=C(O)/C(O)=C1/C(=O)N(C(C(=O)NC)C(O)(O)C(O)(O)C=O)C/C1=C(/O)OCc1c(O)c(O)c(CN2CCOCC2)c(O)c1O. The normalized spacial score (nSPS) is 19.2. The number of likely N-dealkylation sites (tertiary alicyclic amines) is 1. The van der Waals surface area contributed by atoms with E-state index in [-0.39, 0.29) is 17.0 Å². The number of likely N-dealkylation sites (N-methyl/N-ethyl adjacent to an activating group) is 1. The molecule has 0 aromatic heterocycles. The molecule has 2 fully saturated rings. The van der Waals surface area contributed by atoms with E-state index >= 15 is 0 Å². The van der Waals surface area contributed by atoms with E-state index in [9.17, 15) is 70.6 Å². The molecular formula is C26H33N3O16. The minimum absolute atomic E-state index is 0.0915. The number of phenolic OH excluding ortho intramolecular Hbond substituents is 4. The maximum Gasteiger partial charge on any atom is 0.283 e. The fraction of sp³-hybridized carbons (Fsp3) is 0.423. The van der Waals surface area contributed by atoms with Gasteiger partial charge in [-0.25, -0.2) is 0 Å². The van der Waals surface area contributed by atoms with Gasteiger partial charge in [0, 0.05) is 26.7 Å². The number of ether oxygens (including phenoxy) is 2. The summed E-state index contributed by atoms with van der Waals surface area (Å²) in [7, 11) is 0.945. The Labute approximate surface area is 253 Å². The number of aliphatic hydroxyl groups excluding tert-OH is 3.